The van der Waals surface area contributed by atoms with E-state index in [1.165, 1.54) is 0 Å². The Balaban J connectivity index is 1.78. The number of hydrogen-bond donors (Lipinski definition) is 0. The van der Waals surface area contributed by atoms with Gasteiger partial charge in [0.1, 0.15) is 0 Å². The lowest BCUT2D eigenvalue weighted by Gasteiger charge is -2.37. The van der Waals surface area contributed by atoms with Gasteiger partial charge in [-0.1, -0.05) is 41.9 Å². The molecular weight excluding hydrogens is 374 g/mol. The molecule has 5 nitrogen and oxygen atoms in total. The first kappa shape index (κ1) is 19.1. The number of halogens is 1. The highest BCUT2D eigenvalue weighted by atomic mass is 35.5. The minimum absolute atomic E-state index is 0.0324. The van der Waals surface area contributed by atoms with Gasteiger partial charge in [0.25, 0.3) is 5.56 Å². The Morgan fingerprint density at radius 2 is 1.82 bits per heavy atom. The first-order valence-corrected chi connectivity index (χ1v) is 10.1. The Hall–Kier alpha value is -2.21. The summed E-state index contributed by atoms with van der Waals surface area (Å²) in [7, 11) is 1.71. The van der Waals surface area contributed by atoms with Crippen molar-refractivity contribution >= 4 is 22.4 Å². The molecule has 3 aromatic rings. The van der Waals surface area contributed by atoms with E-state index in [2.05, 4.69) is 0 Å². The van der Waals surface area contributed by atoms with Crippen molar-refractivity contribution in [1.82, 2.24) is 9.78 Å². The second kappa shape index (κ2) is 7.66. The van der Waals surface area contributed by atoms with Crippen molar-refractivity contribution in [3.63, 3.8) is 0 Å². The van der Waals surface area contributed by atoms with Gasteiger partial charge < -0.3 is 9.85 Å². The van der Waals surface area contributed by atoms with E-state index >= 15 is 0 Å². The van der Waals surface area contributed by atoms with Gasteiger partial charge in [-0.2, -0.15) is 5.10 Å². The van der Waals surface area contributed by atoms with Crippen molar-refractivity contribution in [2.24, 2.45) is 0 Å². The van der Waals surface area contributed by atoms with Crippen LogP contribution in [-0.4, -0.2) is 34.6 Å². The summed E-state index contributed by atoms with van der Waals surface area (Å²) >= 11 is 6.01. The Kier molecular flexibility index (Phi) is 5.23. The average Bonchev–Trinajstić information content (AvgIpc) is 2.86. The van der Waals surface area contributed by atoms with E-state index < -0.39 is 0 Å². The molecule has 2 aromatic carbocycles. The third kappa shape index (κ3) is 3.97. The normalized spacial score (nSPS) is 22.9. The molecule has 1 fully saturated rings. The molecule has 2 heterocycles. The highest BCUT2D eigenvalue weighted by Crippen LogP contribution is 2.25. The van der Waals surface area contributed by atoms with E-state index in [9.17, 15) is 10.0 Å². The zero-order chi connectivity index (χ0) is 19.7. The average molecular weight is 398 g/mol. The summed E-state index contributed by atoms with van der Waals surface area (Å²) in [5.74, 6) is 0. The lowest BCUT2D eigenvalue weighted by atomic mass is 10.0. The molecule has 4 rings (SSSR count). The van der Waals surface area contributed by atoms with Gasteiger partial charge in [0.05, 0.1) is 37.3 Å². The minimum Gasteiger partial charge on any atom is -0.633 e. The second-order valence-electron chi connectivity index (χ2n) is 7.87. The Morgan fingerprint density at radius 3 is 2.57 bits per heavy atom. The molecule has 28 heavy (non-hydrogen) atoms. The number of hydrogen-bond acceptors (Lipinski definition) is 3. The van der Waals surface area contributed by atoms with E-state index in [-0.39, 0.29) is 16.2 Å². The molecule has 6 heteroatoms. The maximum atomic E-state index is 13.2. The summed E-state index contributed by atoms with van der Waals surface area (Å²) in [4.78, 5) is 13.2. The van der Waals surface area contributed by atoms with Crippen molar-refractivity contribution in [1.29, 1.82) is 0 Å². The van der Waals surface area contributed by atoms with Gasteiger partial charge in [0.2, 0.25) is 0 Å². The number of likely N-dealkylation sites (tertiary alicyclic amines) is 1. The molecule has 0 radical (unpaired) electrons. The maximum absolute atomic E-state index is 13.2. The summed E-state index contributed by atoms with van der Waals surface area (Å²) in [5, 5.41) is 19.4. The largest absolute Gasteiger partial charge is 0.633 e. The fourth-order valence-electron chi connectivity index (χ4n) is 4.03. The molecule has 0 saturated carbocycles. The highest BCUT2D eigenvalue weighted by molar-refractivity contribution is 6.30. The Morgan fingerprint density at radius 1 is 1.11 bits per heavy atom. The van der Waals surface area contributed by atoms with E-state index in [1.54, 1.807) is 11.7 Å². The summed E-state index contributed by atoms with van der Waals surface area (Å²) in [6, 6.07) is 15.3. The zero-order valence-corrected chi connectivity index (χ0v) is 16.7. The molecule has 2 atom stereocenters. The quantitative estimate of drug-likeness (QED) is 0.488. The minimum atomic E-state index is -0.240. The summed E-state index contributed by atoms with van der Waals surface area (Å²) in [5.41, 5.74) is 1.90. The fraction of sp³-hybridized carbons (Fsp3) is 0.364. The molecule has 1 aliphatic heterocycles. The van der Waals surface area contributed by atoms with Crippen LogP contribution in [0.5, 0.6) is 0 Å². The Labute approximate surface area is 169 Å². The van der Waals surface area contributed by atoms with E-state index in [0.717, 1.165) is 29.5 Å². The van der Waals surface area contributed by atoms with Gasteiger partial charge in [-0.3, -0.25) is 4.79 Å². The molecule has 0 N–H and O–H groups in total. The lowest BCUT2D eigenvalue weighted by Crippen LogP contribution is -2.38. The van der Waals surface area contributed by atoms with Crippen LogP contribution in [-0.2, 0) is 6.42 Å². The van der Waals surface area contributed by atoms with Gasteiger partial charge in [-0.15, -0.1) is 0 Å². The van der Waals surface area contributed by atoms with E-state index in [1.807, 2.05) is 48.5 Å². The van der Waals surface area contributed by atoms with Crippen LogP contribution in [0.1, 0.15) is 36.6 Å². The van der Waals surface area contributed by atoms with Gasteiger partial charge in [-0.05, 0) is 36.6 Å². The first-order chi connectivity index (χ1) is 13.4. The molecule has 0 amide bonds. The third-order valence-electron chi connectivity index (χ3n) is 5.64. The van der Waals surface area contributed by atoms with E-state index in [4.69, 9.17) is 16.7 Å². The van der Waals surface area contributed by atoms with Crippen molar-refractivity contribution in [2.45, 2.75) is 31.7 Å². The van der Waals surface area contributed by atoms with Crippen LogP contribution in [0.4, 0.5) is 0 Å². The van der Waals surface area contributed by atoms with Crippen LogP contribution in [0.25, 0.3) is 10.8 Å². The van der Waals surface area contributed by atoms with Crippen LogP contribution in [0.3, 0.4) is 0 Å². The predicted molar refractivity (Wildman–Crippen MR) is 112 cm³/mol. The monoisotopic (exact) mass is 397 g/mol. The number of benzene rings is 2. The Bertz CT molecular complexity index is 1040. The molecule has 146 valence electrons. The number of aromatic nitrogens is 2. The zero-order valence-electron chi connectivity index (χ0n) is 16.0. The first-order valence-electron chi connectivity index (χ1n) is 9.73. The number of nitrogens with zero attached hydrogens (tertiary/aromatic N) is 3. The standard InChI is InChI=1S/C22H24ClN3O2/c1-26(28)13-4-5-18(12-14-26)25-22(27)20-7-3-2-6-19(20)21(24-25)15-16-8-10-17(23)11-9-16/h2-3,6-11,18H,4-5,12-15H2,1H3/t18-,26-/m1/s1. The molecular formula is C22H24ClN3O2. The molecule has 1 aliphatic rings. The van der Waals surface area contributed by atoms with Gasteiger partial charge >= 0.3 is 0 Å². The van der Waals surface area contributed by atoms with Crippen LogP contribution < -0.4 is 5.56 Å². The predicted octanol–water partition coefficient (Wildman–Crippen LogP) is 4.31. The van der Waals surface area contributed by atoms with Crippen molar-refractivity contribution in [3.8, 4) is 0 Å². The molecule has 0 bridgehead atoms. The highest BCUT2D eigenvalue weighted by Gasteiger charge is 2.24. The molecule has 0 aliphatic carbocycles. The van der Waals surface area contributed by atoms with Gasteiger partial charge in [-0.25, -0.2) is 4.68 Å². The SMILES string of the molecule is C[N@@+]1([O-])CCC[C@@H](n2nc(Cc3ccc(Cl)cc3)c3ccccc3c2=O)CC1. The van der Waals surface area contributed by atoms with Crippen LogP contribution in [0, 0.1) is 5.21 Å². The lowest BCUT2D eigenvalue weighted by molar-refractivity contribution is -0.859. The molecule has 0 spiro atoms. The fourth-order valence-corrected chi connectivity index (χ4v) is 4.16. The van der Waals surface area contributed by atoms with Gasteiger partial charge in [0, 0.05) is 23.3 Å². The van der Waals surface area contributed by atoms with Crippen molar-refractivity contribution < 1.29 is 4.65 Å². The number of rotatable bonds is 3. The van der Waals surface area contributed by atoms with Crippen molar-refractivity contribution in [3.05, 3.63) is 80.4 Å². The molecule has 0 unspecified atom stereocenters. The van der Waals surface area contributed by atoms with E-state index in [0.29, 0.717) is 36.3 Å². The maximum Gasteiger partial charge on any atom is 0.274 e. The topological polar surface area (TPSA) is 57.9 Å². The number of quaternary nitrogens is 1. The van der Waals surface area contributed by atoms with Gasteiger partial charge in [0.15, 0.2) is 0 Å². The van der Waals surface area contributed by atoms with Crippen LogP contribution in [0.2, 0.25) is 5.02 Å². The summed E-state index contributed by atoms with van der Waals surface area (Å²) in [6.45, 7) is 1.11. The van der Waals surface area contributed by atoms with Crippen LogP contribution in [0.15, 0.2) is 53.3 Å². The summed E-state index contributed by atoms with van der Waals surface area (Å²) in [6.07, 6.45) is 2.91. The summed E-state index contributed by atoms with van der Waals surface area (Å²) < 4.78 is 1.40. The third-order valence-corrected chi connectivity index (χ3v) is 5.89. The number of hydroxylamine groups is 3. The smallest absolute Gasteiger partial charge is 0.274 e. The molecule has 1 aromatic heterocycles. The molecule has 1 saturated heterocycles. The van der Waals surface area contributed by atoms with Crippen LogP contribution >= 0.6 is 11.6 Å². The second-order valence-corrected chi connectivity index (χ2v) is 8.31. The number of fused-ring (bicyclic) bond motifs is 1. The van der Waals surface area contributed by atoms with Crippen molar-refractivity contribution in [2.75, 3.05) is 20.1 Å².